The Bertz CT molecular complexity index is 241. The van der Waals surface area contributed by atoms with Gasteiger partial charge in [-0.15, -0.1) is 0 Å². The molecule has 1 rings (SSSR count). The van der Waals surface area contributed by atoms with Gasteiger partial charge in [0.15, 0.2) is 0 Å². The summed E-state index contributed by atoms with van der Waals surface area (Å²) in [6, 6.07) is 0. The van der Waals surface area contributed by atoms with Crippen LogP contribution in [0.15, 0.2) is 0 Å². The minimum atomic E-state index is 0.351. The van der Waals surface area contributed by atoms with Crippen LogP contribution in [0.4, 0.5) is 0 Å². The van der Waals surface area contributed by atoms with Gasteiger partial charge in [-0.25, -0.2) is 0 Å². The molecule has 2 heteroatoms. The molecule has 1 heterocycles. The minimum absolute atomic E-state index is 0.351. The summed E-state index contributed by atoms with van der Waals surface area (Å²) in [6.45, 7) is 19.1. The van der Waals surface area contributed by atoms with Crippen LogP contribution in [0.2, 0.25) is 0 Å². The van der Waals surface area contributed by atoms with Crippen molar-refractivity contribution in [1.29, 1.82) is 0 Å². The lowest BCUT2D eigenvalue weighted by Gasteiger charge is -2.40. The van der Waals surface area contributed by atoms with Gasteiger partial charge in [-0.1, -0.05) is 41.5 Å². The van der Waals surface area contributed by atoms with E-state index in [2.05, 4.69) is 51.8 Å². The zero-order valence-corrected chi connectivity index (χ0v) is 13.5. The molecule has 0 radical (unpaired) electrons. The van der Waals surface area contributed by atoms with E-state index in [0.29, 0.717) is 11.0 Å². The van der Waals surface area contributed by atoms with Gasteiger partial charge in [0.05, 0.1) is 0 Å². The number of hydrogen-bond donors (Lipinski definition) is 1. The molecular weight excluding hydrogens is 220 g/mol. The molecule has 1 fully saturated rings. The highest BCUT2D eigenvalue weighted by molar-refractivity contribution is 4.92. The Morgan fingerprint density at radius 1 is 1.22 bits per heavy atom. The van der Waals surface area contributed by atoms with E-state index < -0.39 is 0 Å². The monoisotopic (exact) mass is 254 g/mol. The molecule has 0 spiro atoms. The van der Waals surface area contributed by atoms with Crippen LogP contribution < -0.4 is 5.32 Å². The second-order valence-electron chi connectivity index (χ2n) is 7.12. The molecule has 0 saturated carbocycles. The van der Waals surface area contributed by atoms with E-state index in [4.69, 9.17) is 0 Å². The zero-order chi connectivity index (χ0) is 13.8. The van der Waals surface area contributed by atoms with Crippen LogP contribution in [0.5, 0.6) is 0 Å². The Morgan fingerprint density at radius 3 is 2.33 bits per heavy atom. The van der Waals surface area contributed by atoms with Gasteiger partial charge in [0, 0.05) is 18.6 Å². The average molecular weight is 254 g/mol. The van der Waals surface area contributed by atoms with Gasteiger partial charge in [-0.2, -0.15) is 0 Å². The van der Waals surface area contributed by atoms with Crippen LogP contribution in [0, 0.1) is 11.3 Å². The average Bonchev–Trinajstić information content (AvgIpc) is 2.51. The van der Waals surface area contributed by atoms with E-state index in [9.17, 15) is 0 Å². The SMILES string of the molecule is CCC1(CC)CN(CC(C)(C)C(C)C)CCCN1. The van der Waals surface area contributed by atoms with Gasteiger partial charge in [0.1, 0.15) is 0 Å². The van der Waals surface area contributed by atoms with E-state index in [0.717, 1.165) is 5.92 Å². The Morgan fingerprint density at radius 2 is 1.83 bits per heavy atom. The highest BCUT2D eigenvalue weighted by Gasteiger charge is 2.33. The molecule has 1 aliphatic rings. The third kappa shape index (κ3) is 3.96. The fourth-order valence-corrected chi connectivity index (χ4v) is 2.84. The van der Waals surface area contributed by atoms with Gasteiger partial charge in [0.2, 0.25) is 0 Å². The summed E-state index contributed by atoms with van der Waals surface area (Å²) in [5.41, 5.74) is 0.765. The predicted octanol–water partition coefficient (Wildman–Crippen LogP) is 3.52. The standard InChI is InChI=1S/C16H34N2/c1-7-16(8-2)13-18(11-9-10-17-16)12-15(5,6)14(3)4/h14,17H,7-13H2,1-6H3. The van der Waals surface area contributed by atoms with Crippen molar-refractivity contribution < 1.29 is 0 Å². The van der Waals surface area contributed by atoms with Crippen LogP contribution in [-0.2, 0) is 0 Å². The molecule has 0 unspecified atom stereocenters. The zero-order valence-electron chi connectivity index (χ0n) is 13.5. The molecule has 0 aromatic heterocycles. The minimum Gasteiger partial charge on any atom is -0.310 e. The predicted molar refractivity (Wildman–Crippen MR) is 81.0 cm³/mol. The molecule has 1 aliphatic heterocycles. The Kier molecular flexibility index (Phi) is 5.67. The molecule has 1 saturated heterocycles. The third-order valence-electron chi connectivity index (χ3n) is 5.23. The summed E-state index contributed by atoms with van der Waals surface area (Å²) in [5.74, 6) is 0.742. The first kappa shape index (κ1) is 16.0. The lowest BCUT2D eigenvalue weighted by Crippen LogP contribution is -2.52. The lowest BCUT2D eigenvalue weighted by atomic mass is 9.80. The Balaban J connectivity index is 2.70. The molecule has 1 N–H and O–H groups in total. The van der Waals surface area contributed by atoms with Crippen molar-refractivity contribution in [3.63, 3.8) is 0 Å². The quantitative estimate of drug-likeness (QED) is 0.807. The van der Waals surface area contributed by atoms with E-state index in [-0.39, 0.29) is 0 Å². The summed E-state index contributed by atoms with van der Waals surface area (Å²) in [6.07, 6.45) is 3.76. The molecule has 0 aromatic carbocycles. The normalized spacial score (nSPS) is 22.2. The van der Waals surface area contributed by atoms with Crippen molar-refractivity contribution in [3.05, 3.63) is 0 Å². The molecule has 2 nitrogen and oxygen atoms in total. The van der Waals surface area contributed by atoms with Crippen LogP contribution in [0.1, 0.15) is 60.8 Å². The second-order valence-corrected chi connectivity index (χ2v) is 7.12. The molecule has 18 heavy (non-hydrogen) atoms. The van der Waals surface area contributed by atoms with Crippen LogP contribution >= 0.6 is 0 Å². The van der Waals surface area contributed by atoms with Crippen molar-refractivity contribution in [3.8, 4) is 0 Å². The maximum Gasteiger partial charge on any atom is 0.0303 e. The second kappa shape index (κ2) is 6.38. The van der Waals surface area contributed by atoms with Crippen LogP contribution in [-0.4, -0.2) is 36.6 Å². The molecule has 0 amide bonds. The van der Waals surface area contributed by atoms with Gasteiger partial charge >= 0.3 is 0 Å². The topological polar surface area (TPSA) is 15.3 Å². The van der Waals surface area contributed by atoms with Crippen LogP contribution in [0.3, 0.4) is 0 Å². The number of rotatable bonds is 5. The smallest absolute Gasteiger partial charge is 0.0303 e. The molecular formula is C16H34N2. The summed E-state index contributed by atoms with van der Waals surface area (Å²) in [4.78, 5) is 2.70. The maximum atomic E-state index is 3.80. The van der Waals surface area contributed by atoms with Gasteiger partial charge in [-0.05, 0) is 43.7 Å². The fourth-order valence-electron chi connectivity index (χ4n) is 2.84. The Labute approximate surface area is 115 Å². The van der Waals surface area contributed by atoms with Gasteiger partial charge < -0.3 is 10.2 Å². The van der Waals surface area contributed by atoms with E-state index in [1.165, 1.54) is 45.4 Å². The third-order valence-corrected chi connectivity index (χ3v) is 5.23. The highest BCUT2D eigenvalue weighted by Crippen LogP contribution is 2.29. The maximum absolute atomic E-state index is 3.80. The van der Waals surface area contributed by atoms with Gasteiger partial charge in [0.25, 0.3) is 0 Å². The van der Waals surface area contributed by atoms with Crippen molar-refractivity contribution >= 4 is 0 Å². The fraction of sp³-hybridized carbons (Fsp3) is 1.00. The van der Waals surface area contributed by atoms with Crippen LogP contribution in [0.25, 0.3) is 0 Å². The van der Waals surface area contributed by atoms with E-state index >= 15 is 0 Å². The molecule has 108 valence electrons. The number of nitrogens with zero attached hydrogens (tertiary/aromatic N) is 1. The highest BCUT2D eigenvalue weighted by atomic mass is 15.2. The molecule has 0 aromatic rings. The largest absolute Gasteiger partial charge is 0.310 e. The van der Waals surface area contributed by atoms with Crippen molar-refractivity contribution in [2.45, 2.75) is 66.3 Å². The summed E-state index contributed by atoms with van der Waals surface area (Å²) in [5, 5.41) is 3.80. The number of nitrogens with one attached hydrogen (secondary N) is 1. The Hall–Kier alpha value is -0.0800. The summed E-state index contributed by atoms with van der Waals surface area (Å²) in [7, 11) is 0. The van der Waals surface area contributed by atoms with Crippen molar-refractivity contribution in [2.24, 2.45) is 11.3 Å². The summed E-state index contributed by atoms with van der Waals surface area (Å²) >= 11 is 0. The van der Waals surface area contributed by atoms with Crippen molar-refractivity contribution in [2.75, 3.05) is 26.2 Å². The molecule has 0 bridgehead atoms. The first-order valence-corrected chi connectivity index (χ1v) is 7.82. The molecule has 0 aliphatic carbocycles. The molecule has 0 atom stereocenters. The van der Waals surface area contributed by atoms with E-state index in [1.807, 2.05) is 0 Å². The van der Waals surface area contributed by atoms with Crippen molar-refractivity contribution in [1.82, 2.24) is 10.2 Å². The first-order chi connectivity index (χ1) is 8.35. The first-order valence-electron chi connectivity index (χ1n) is 7.82. The van der Waals surface area contributed by atoms with Gasteiger partial charge in [-0.3, -0.25) is 0 Å². The number of hydrogen-bond acceptors (Lipinski definition) is 2. The lowest BCUT2D eigenvalue weighted by molar-refractivity contribution is 0.111. The summed E-state index contributed by atoms with van der Waals surface area (Å²) < 4.78 is 0. The van der Waals surface area contributed by atoms with E-state index in [1.54, 1.807) is 0 Å².